The molecule has 0 saturated heterocycles. The van der Waals surface area contributed by atoms with Crippen molar-refractivity contribution >= 4 is 11.6 Å². The van der Waals surface area contributed by atoms with Crippen LogP contribution in [0.3, 0.4) is 0 Å². The van der Waals surface area contributed by atoms with Crippen LogP contribution in [0.25, 0.3) is 0 Å². The molecular weight excluding hydrogens is 266 g/mol. The Morgan fingerprint density at radius 3 is 2.65 bits per heavy atom. The van der Waals surface area contributed by atoms with Crippen LogP contribution >= 0.6 is 11.6 Å². The van der Waals surface area contributed by atoms with Gasteiger partial charge in [-0.1, -0.05) is 55.3 Å². The van der Waals surface area contributed by atoms with Crippen molar-refractivity contribution in [2.24, 2.45) is 0 Å². The highest BCUT2D eigenvalue weighted by Gasteiger charge is 2.15. The molecule has 2 aromatic rings. The monoisotopic (exact) mass is 287 g/mol. The molecule has 0 aliphatic heterocycles. The maximum absolute atomic E-state index is 6.16. The summed E-state index contributed by atoms with van der Waals surface area (Å²) in [6.07, 6.45) is 2.29. The Kier molecular flexibility index (Phi) is 5.22. The summed E-state index contributed by atoms with van der Waals surface area (Å²) in [7, 11) is 2.00. The zero-order valence-electron chi connectivity index (χ0n) is 12.4. The average molecular weight is 288 g/mol. The molecule has 0 aliphatic carbocycles. The standard InChI is InChI=1S/C18H22ClN/c1-4-6-14-7-5-8-15(11-14)18(20-3)17-12-16(19)10-9-13(17)2/h5,7-12,18,20H,4,6H2,1-3H3. The van der Waals surface area contributed by atoms with E-state index in [0.717, 1.165) is 11.4 Å². The predicted molar refractivity (Wildman–Crippen MR) is 87.5 cm³/mol. The van der Waals surface area contributed by atoms with E-state index in [1.54, 1.807) is 0 Å². The lowest BCUT2D eigenvalue weighted by molar-refractivity contribution is 0.686. The highest BCUT2D eigenvalue weighted by atomic mass is 35.5. The van der Waals surface area contributed by atoms with Gasteiger partial charge in [0.2, 0.25) is 0 Å². The second-order valence-electron chi connectivity index (χ2n) is 5.22. The van der Waals surface area contributed by atoms with Crippen LogP contribution in [0.15, 0.2) is 42.5 Å². The third-order valence-electron chi connectivity index (χ3n) is 3.66. The van der Waals surface area contributed by atoms with Crippen molar-refractivity contribution in [1.29, 1.82) is 0 Å². The van der Waals surface area contributed by atoms with E-state index < -0.39 is 0 Å². The lowest BCUT2D eigenvalue weighted by atomic mass is 9.93. The number of benzene rings is 2. The van der Waals surface area contributed by atoms with Gasteiger partial charge in [-0.25, -0.2) is 0 Å². The number of nitrogens with one attached hydrogen (secondary N) is 1. The molecule has 0 amide bonds. The SMILES string of the molecule is CCCc1cccc(C(NC)c2cc(Cl)ccc2C)c1. The van der Waals surface area contributed by atoms with Crippen molar-refractivity contribution < 1.29 is 0 Å². The van der Waals surface area contributed by atoms with Gasteiger partial charge in [0.1, 0.15) is 0 Å². The van der Waals surface area contributed by atoms with Gasteiger partial charge in [-0.05, 0) is 54.8 Å². The molecule has 0 saturated carbocycles. The van der Waals surface area contributed by atoms with Crippen LogP contribution in [0.1, 0.15) is 41.6 Å². The molecule has 0 fully saturated rings. The maximum atomic E-state index is 6.16. The van der Waals surface area contributed by atoms with Crippen LogP contribution < -0.4 is 5.32 Å². The topological polar surface area (TPSA) is 12.0 Å². The Hall–Kier alpha value is -1.31. The van der Waals surface area contributed by atoms with Gasteiger partial charge in [0, 0.05) is 5.02 Å². The fraction of sp³-hybridized carbons (Fsp3) is 0.333. The molecule has 0 heterocycles. The number of halogens is 1. The van der Waals surface area contributed by atoms with Crippen molar-refractivity contribution in [3.05, 3.63) is 69.7 Å². The Balaban J connectivity index is 2.41. The molecule has 0 radical (unpaired) electrons. The number of aryl methyl sites for hydroxylation is 2. The Bertz CT molecular complexity index is 577. The summed E-state index contributed by atoms with van der Waals surface area (Å²) in [4.78, 5) is 0. The van der Waals surface area contributed by atoms with Crippen LogP contribution in [0.4, 0.5) is 0 Å². The molecule has 1 atom stereocenters. The zero-order chi connectivity index (χ0) is 14.5. The summed E-state index contributed by atoms with van der Waals surface area (Å²) in [6.45, 7) is 4.34. The molecule has 2 heteroatoms. The average Bonchev–Trinajstić information content (AvgIpc) is 2.44. The zero-order valence-corrected chi connectivity index (χ0v) is 13.2. The highest BCUT2D eigenvalue weighted by Crippen LogP contribution is 2.27. The first-order chi connectivity index (χ1) is 9.65. The number of rotatable bonds is 5. The van der Waals surface area contributed by atoms with E-state index in [0.29, 0.717) is 0 Å². The van der Waals surface area contributed by atoms with E-state index in [2.05, 4.69) is 55.6 Å². The predicted octanol–water partition coefficient (Wildman–Crippen LogP) is 4.91. The van der Waals surface area contributed by atoms with Crippen LogP contribution in [-0.2, 0) is 6.42 Å². The second kappa shape index (κ2) is 6.92. The third kappa shape index (κ3) is 3.41. The molecular formula is C18H22ClN. The lowest BCUT2D eigenvalue weighted by Crippen LogP contribution is -2.18. The molecule has 1 N–H and O–H groups in total. The van der Waals surface area contributed by atoms with Crippen molar-refractivity contribution in [3.8, 4) is 0 Å². The molecule has 0 spiro atoms. The molecule has 2 rings (SSSR count). The van der Waals surface area contributed by atoms with Crippen LogP contribution in [0, 0.1) is 6.92 Å². The van der Waals surface area contributed by atoms with E-state index >= 15 is 0 Å². The van der Waals surface area contributed by atoms with Crippen LogP contribution in [0.2, 0.25) is 5.02 Å². The molecule has 2 aromatic carbocycles. The van der Waals surface area contributed by atoms with Crippen molar-refractivity contribution in [2.75, 3.05) is 7.05 Å². The second-order valence-corrected chi connectivity index (χ2v) is 5.65. The van der Waals surface area contributed by atoms with Gasteiger partial charge in [0.15, 0.2) is 0 Å². The molecule has 0 aromatic heterocycles. The fourth-order valence-corrected chi connectivity index (χ4v) is 2.82. The number of hydrogen-bond acceptors (Lipinski definition) is 1. The molecule has 1 unspecified atom stereocenters. The quantitative estimate of drug-likeness (QED) is 0.824. The lowest BCUT2D eigenvalue weighted by Gasteiger charge is -2.20. The van der Waals surface area contributed by atoms with E-state index in [1.165, 1.54) is 28.7 Å². The van der Waals surface area contributed by atoms with E-state index in [-0.39, 0.29) is 6.04 Å². The van der Waals surface area contributed by atoms with Gasteiger partial charge in [-0.15, -0.1) is 0 Å². The Labute approximate surface area is 127 Å². The van der Waals surface area contributed by atoms with E-state index in [4.69, 9.17) is 11.6 Å². The largest absolute Gasteiger partial charge is 0.309 e. The van der Waals surface area contributed by atoms with Gasteiger partial charge in [0.25, 0.3) is 0 Å². The molecule has 0 bridgehead atoms. The minimum atomic E-state index is 0.186. The highest BCUT2D eigenvalue weighted by molar-refractivity contribution is 6.30. The molecule has 0 aliphatic rings. The molecule has 20 heavy (non-hydrogen) atoms. The van der Waals surface area contributed by atoms with Gasteiger partial charge < -0.3 is 5.32 Å². The summed E-state index contributed by atoms with van der Waals surface area (Å²) in [5.41, 5.74) is 5.19. The van der Waals surface area contributed by atoms with E-state index in [9.17, 15) is 0 Å². The maximum Gasteiger partial charge on any atom is 0.0577 e. The smallest absolute Gasteiger partial charge is 0.0577 e. The molecule has 106 valence electrons. The van der Waals surface area contributed by atoms with Crippen LogP contribution in [-0.4, -0.2) is 7.05 Å². The first kappa shape index (κ1) is 15.1. The minimum Gasteiger partial charge on any atom is -0.309 e. The summed E-state index contributed by atoms with van der Waals surface area (Å²) in [6, 6.07) is 15.1. The Morgan fingerprint density at radius 1 is 1.15 bits per heavy atom. The fourth-order valence-electron chi connectivity index (χ4n) is 2.64. The first-order valence-corrected chi connectivity index (χ1v) is 7.55. The van der Waals surface area contributed by atoms with Gasteiger partial charge in [-0.2, -0.15) is 0 Å². The van der Waals surface area contributed by atoms with Crippen molar-refractivity contribution in [1.82, 2.24) is 5.32 Å². The van der Waals surface area contributed by atoms with Crippen molar-refractivity contribution in [3.63, 3.8) is 0 Å². The van der Waals surface area contributed by atoms with Gasteiger partial charge >= 0.3 is 0 Å². The van der Waals surface area contributed by atoms with Crippen LogP contribution in [0.5, 0.6) is 0 Å². The van der Waals surface area contributed by atoms with Crippen molar-refractivity contribution in [2.45, 2.75) is 32.7 Å². The summed E-state index contributed by atoms with van der Waals surface area (Å²) < 4.78 is 0. The van der Waals surface area contributed by atoms with Gasteiger partial charge in [0.05, 0.1) is 6.04 Å². The minimum absolute atomic E-state index is 0.186. The third-order valence-corrected chi connectivity index (χ3v) is 3.90. The molecule has 1 nitrogen and oxygen atoms in total. The normalized spacial score (nSPS) is 12.4. The number of hydrogen-bond donors (Lipinski definition) is 1. The summed E-state index contributed by atoms with van der Waals surface area (Å²) >= 11 is 6.16. The summed E-state index contributed by atoms with van der Waals surface area (Å²) in [5.74, 6) is 0. The van der Waals surface area contributed by atoms with Gasteiger partial charge in [-0.3, -0.25) is 0 Å². The summed E-state index contributed by atoms with van der Waals surface area (Å²) in [5, 5.41) is 4.20. The Morgan fingerprint density at radius 2 is 1.95 bits per heavy atom. The first-order valence-electron chi connectivity index (χ1n) is 7.18. The van der Waals surface area contributed by atoms with E-state index in [1.807, 2.05) is 13.1 Å².